The van der Waals surface area contributed by atoms with Gasteiger partial charge in [0, 0.05) is 12.2 Å². The molecule has 1 aromatic heterocycles. The number of ether oxygens (including phenoxy) is 1. The Labute approximate surface area is 108 Å². The van der Waals surface area contributed by atoms with Gasteiger partial charge >= 0.3 is 0 Å². The predicted molar refractivity (Wildman–Crippen MR) is 73.5 cm³/mol. The minimum Gasteiger partial charge on any atom is -0.473 e. The lowest BCUT2D eigenvalue weighted by Crippen LogP contribution is -2.29. The smallest absolute Gasteiger partial charge is 0.224 e. The van der Waals surface area contributed by atoms with Crippen LogP contribution < -0.4 is 10.5 Å². The minimum absolute atomic E-state index is 0.0346. The number of aromatic nitrogens is 1. The number of rotatable bonds is 5. The van der Waals surface area contributed by atoms with Crippen molar-refractivity contribution in [3.8, 4) is 5.88 Å². The van der Waals surface area contributed by atoms with Crippen LogP contribution in [0.25, 0.3) is 0 Å². The Hall–Kier alpha value is -1.20. The fourth-order valence-corrected chi connectivity index (χ4v) is 1.71. The number of nitrogens with zero attached hydrogens (tertiary/aromatic N) is 2. The number of aryl methyl sites for hydroxylation is 1. The normalized spacial score (nSPS) is 12.5. The van der Waals surface area contributed by atoms with Crippen LogP contribution in [0.4, 0.5) is 0 Å². The fraction of sp³-hybridized carbons (Fsp3) is 0.500. The summed E-state index contributed by atoms with van der Waals surface area (Å²) in [5, 5.41) is 0. The van der Waals surface area contributed by atoms with Crippen molar-refractivity contribution in [3.63, 3.8) is 0 Å². The molecule has 0 aliphatic heterocycles. The first-order chi connectivity index (χ1) is 7.90. The zero-order valence-electron chi connectivity index (χ0n) is 10.7. The molecule has 1 atom stereocenters. The molecule has 94 valence electrons. The maximum Gasteiger partial charge on any atom is 0.224 e. The van der Waals surface area contributed by atoms with Crippen molar-refractivity contribution in [1.82, 2.24) is 9.88 Å². The molecule has 1 heterocycles. The molecule has 0 saturated carbocycles. The van der Waals surface area contributed by atoms with Crippen LogP contribution in [-0.4, -0.2) is 41.6 Å². The first-order valence-electron chi connectivity index (χ1n) is 5.49. The van der Waals surface area contributed by atoms with E-state index in [1.165, 1.54) is 0 Å². The van der Waals surface area contributed by atoms with Gasteiger partial charge in [-0.15, -0.1) is 0 Å². The fourth-order valence-electron chi connectivity index (χ4n) is 1.55. The van der Waals surface area contributed by atoms with Crippen molar-refractivity contribution >= 4 is 17.2 Å². The average molecular weight is 253 g/mol. The largest absolute Gasteiger partial charge is 0.473 e. The summed E-state index contributed by atoms with van der Waals surface area (Å²) in [6.45, 7) is 4.71. The van der Waals surface area contributed by atoms with Crippen LogP contribution in [0.2, 0.25) is 0 Å². The van der Waals surface area contributed by atoms with E-state index in [0.29, 0.717) is 16.4 Å². The van der Waals surface area contributed by atoms with E-state index in [1.807, 2.05) is 40.1 Å². The van der Waals surface area contributed by atoms with Gasteiger partial charge in [-0.05, 0) is 40.1 Å². The highest BCUT2D eigenvalue weighted by molar-refractivity contribution is 7.80. The molecular formula is C12H19N3OS. The molecule has 5 heteroatoms. The molecule has 0 aliphatic carbocycles. The summed E-state index contributed by atoms with van der Waals surface area (Å²) >= 11 is 4.98. The molecule has 17 heavy (non-hydrogen) atoms. The molecule has 1 aromatic rings. The molecule has 1 unspecified atom stereocenters. The van der Waals surface area contributed by atoms with Crippen molar-refractivity contribution in [2.75, 3.05) is 20.6 Å². The SMILES string of the molecule is Cc1ccc(C(N)=S)c(OC(C)CN(C)C)n1. The van der Waals surface area contributed by atoms with E-state index in [-0.39, 0.29) is 6.10 Å². The second kappa shape index (κ2) is 5.93. The number of likely N-dealkylation sites (N-methyl/N-ethyl adjacent to an activating group) is 1. The van der Waals surface area contributed by atoms with E-state index in [4.69, 9.17) is 22.7 Å². The molecule has 0 aromatic carbocycles. The van der Waals surface area contributed by atoms with Crippen molar-refractivity contribution in [1.29, 1.82) is 0 Å². The summed E-state index contributed by atoms with van der Waals surface area (Å²) in [6, 6.07) is 3.72. The second-order valence-corrected chi connectivity index (χ2v) is 4.80. The Balaban J connectivity index is 2.88. The molecule has 0 aliphatic rings. The van der Waals surface area contributed by atoms with Gasteiger partial charge in [-0.1, -0.05) is 12.2 Å². The number of pyridine rings is 1. The minimum atomic E-state index is 0.0346. The highest BCUT2D eigenvalue weighted by atomic mass is 32.1. The van der Waals surface area contributed by atoms with Gasteiger partial charge in [0.25, 0.3) is 0 Å². The van der Waals surface area contributed by atoms with E-state index in [2.05, 4.69) is 9.88 Å². The average Bonchev–Trinajstić information content (AvgIpc) is 2.15. The van der Waals surface area contributed by atoms with Crippen molar-refractivity contribution in [2.45, 2.75) is 20.0 Å². The van der Waals surface area contributed by atoms with E-state index in [9.17, 15) is 0 Å². The van der Waals surface area contributed by atoms with Gasteiger partial charge in [-0.25, -0.2) is 4.98 Å². The standard InChI is InChI=1S/C12H19N3OS/c1-8-5-6-10(11(13)17)12(14-8)16-9(2)7-15(3)4/h5-6,9H,7H2,1-4H3,(H2,13,17). The van der Waals surface area contributed by atoms with Crippen LogP contribution in [0.3, 0.4) is 0 Å². The van der Waals surface area contributed by atoms with Crippen LogP contribution in [0.15, 0.2) is 12.1 Å². The molecule has 4 nitrogen and oxygen atoms in total. The first-order valence-corrected chi connectivity index (χ1v) is 5.90. The van der Waals surface area contributed by atoms with E-state index < -0.39 is 0 Å². The topological polar surface area (TPSA) is 51.4 Å². The Morgan fingerprint density at radius 2 is 2.18 bits per heavy atom. The molecule has 0 radical (unpaired) electrons. The maximum absolute atomic E-state index is 5.78. The molecule has 0 amide bonds. The highest BCUT2D eigenvalue weighted by Gasteiger charge is 2.12. The van der Waals surface area contributed by atoms with E-state index in [0.717, 1.165) is 12.2 Å². The summed E-state index contributed by atoms with van der Waals surface area (Å²) in [7, 11) is 4.00. The monoisotopic (exact) mass is 253 g/mol. The van der Waals surface area contributed by atoms with Gasteiger partial charge in [-0.3, -0.25) is 0 Å². The predicted octanol–water partition coefficient (Wildman–Crippen LogP) is 1.35. The molecule has 0 saturated heterocycles. The van der Waals surface area contributed by atoms with Gasteiger partial charge < -0.3 is 15.4 Å². The third-order valence-electron chi connectivity index (χ3n) is 2.20. The molecular weight excluding hydrogens is 234 g/mol. The van der Waals surface area contributed by atoms with E-state index in [1.54, 1.807) is 0 Å². The van der Waals surface area contributed by atoms with Gasteiger partial charge in [-0.2, -0.15) is 0 Å². The summed E-state index contributed by atoms with van der Waals surface area (Å²) in [5.74, 6) is 0.520. The maximum atomic E-state index is 5.78. The molecule has 1 rings (SSSR count). The number of hydrogen-bond acceptors (Lipinski definition) is 4. The summed E-state index contributed by atoms with van der Waals surface area (Å²) in [6.07, 6.45) is 0.0346. The van der Waals surface area contributed by atoms with Crippen molar-refractivity contribution in [3.05, 3.63) is 23.4 Å². The molecule has 0 spiro atoms. The quantitative estimate of drug-likeness (QED) is 0.803. The Kier molecular flexibility index (Phi) is 4.84. The Bertz CT molecular complexity index is 407. The first kappa shape index (κ1) is 13.9. The zero-order valence-corrected chi connectivity index (χ0v) is 11.5. The lowest BCUT2D eigenvalue weighted by molar-refractivity contribution is 0.170. The number of thiocarbonyl (C=S) groups is 1. The van der Waals surface area contributed by atoms with Crippen LogP contribution in [0, 0.1) is 6.92 Å². The van der Waals surface area contributed by atoms with Crippen LogP contribution in [-0.2, 0) is 0 Å². The number of nitrogens with two attached hydrogens (primary N) is 1. The lowest BCUT2D eigenvalue weighted by Gasteiger charge is -2.19. The van der Waals surface area contributed by atoms with Gasteiger partial charge in [0.15, 0.2) is 0 Å². The molecule has 0 fully saturated rings. The Morgan fingerprint density at radius 3 is 2.71 bits per heavy atom. The summed E-state index contributed by atoms with van der Waals surface area (Å²) in [5.41, 5.74) is 7.22. The zero-order chi connectivity index (χ0) is 13.0. The van der Waals surface area contributed by atoms with Crippen LogP contribution >= 0.6 is 12.2 Å². The third-order valence-corrected chi connectivity index (χ3v) is 2.42. The Morgan fingerprint density at radius 1 is 1.53 bits per heavy atom. The van der Waals surface area contributed by atoms with Gasteiger partial charge in [0.1, 0.15) is 11.1 Å². The van der Waals surface area contributed by atoms with Gasteiger partial charge in [0.2, 0.25) is 5.88 Å². The summed E-state index contributed by atoms with van der Waals surface area (Å²) in [4.78, 5) is 6.70. The summed E-state index contributed by atoms with van der Waals surface area (Å²) < 4.78 is 5.78. The molecule has 2 N–H and O–H groups in total. The lowest BCUT2D eigenvalue weighted by atomic mass is 10.2. The van der Waals surface area contributed by atoms with Crippen LogP contribution in [0.5, 0.6) is 5.88 Å². The number of hydrogen-bond donors (Lipinski definition) is 1. The van der Waals surface area contributed by atoms with Gasteiger partial charge in [0.05, 0.1) is 5.56 Å². The molecule has 0 bridgehead atoms. The highest BCUT2D eigenvalue weighted by Crippen LogP contribution is 2.17. The van der Waals surface area contributed by atoms with Crippen LogP contribution in [0.1, 0.15) is 18.2 Å². The van der Waals surface area contributed by atoms with Crippen molar-refractivity contribution in [2.24, 2.45) is 5.73 Å². The third kappa shape index (κ3) is 4.28. The second-order valence-electron chi connectivity index (χ2n) is 4.36. The van der Waals surface area contributed by atoms with Crippen molar-refractivity contribution < 1.29 is 4.74 Å². The van der Waals surface area contributed by atoms with E-state index >= 15 is 0 Å².